The van der Waals surface area contributed by atoms with E-state index in [4.69, 9.17) is 0 Å². The van der Waals surface area contributed by atoms with Gasteiger partial charge in [0.05, 0.1) is 27.2 Å². The van der Waals surface area contributed by atoms with E-state index in [1.165, 1.54) is 0 Å². The van der Waals surface area contributed by atoms with Crippen LogP contribution in [0.15, 0.2) is 42.5 Å². The topological polar surface area (TPSA) is 80.4 Å². The molecule has 0 saturated carbocycles. The third-order valence-electron chi connectivity index (χ3n) is 3.59. The molecule has 0 aliphatic carbocycles. The first-order valence-corrected chi connectivity index (χ1v) is 7.29. The first kappa shape index (κ1) is 20.9. The van der Waals surface area contributed by atoms with Gasteiger partial charge in [-0.3, -0.25) is 10.1 Å². The van der Waals surface area contributed by atoms with Crippen molar-refractivity contribution < 1.29 is 41.2 Å². The maximum Gasteiger partial charge on any atom is 0.416 e. The summed E-state index contributed by atoms with van der Waals surface area (Å²) in [6, 6.07) is 4.51. The van der Waals surface area contributed by atoms with Gasteiger partial charge >= 0.3 is 18.3 Å². The molecule has 11 heteroatoms. The zero-order valence-corrected chi connectivity index (χ0v) is 13.5. The van der Waals surface area contributed by atoms with E-state index >= 15 is 0 Å². The van der Waals surface area contributed by atoms with E-state index < -0.39 is 51.2 Å². The average Bonchev–Trinajstić information content (AvgIpc) is 2.57. The van der Waals surface area contributed by atoms with E-state index in [9.17, 15) is 46.4 Å². The molecule has 0 aliphatic rings. The van der Waals surface area contributed by atoms with Gasteiger partial charge < -0.3 is 5.11 Å². The Kier molecular flexibility index (Phi) is 5.48. The van der Waals surface area contributed by atoms with Crippen molar-refractivity contribution in [1.29, 1.82) is 0 Å². The van der Waals surface area contributed by atoms with Gasteiger partial charge in [-0.05, 0) is 35.9 Å². The van der Waals surface area contributed by atoms with Crippen LogP contribution in [-0.4, -0.2) is 16.0 Å². The summed E-state index contributed by atoms with van der Waals surface area (Å²) >= 11 is 0. The summed E-state index contributed by atoms with van der Waals surface area (Å²) in [5.41, 5.74) is -4.86. The van der Waals surface area contributed by atoms with Gasteiger partial charge in [-0.15, -0.1) is 0 Å². The quantitative estimate of drug-likeness (QED) is 0.248. The number of rotatable bonds is 4. The van der Waals surface area contributed by atoms with Crippen LogP contribution in [0.4, 0.5) is 32.0 Å². The maximum absolute atomic E-state index is 12.8. The number of alkyl halides is 6. The van der Waals surface area contributed by atoms with Gasteiger partial charge in [-0.2, -0.15) is 26.3 Å². The maximum atomic E-state index is 12.8. The van der Waals surface area contributed by atoms with Gasteiger partial charge in [0.25, 0.3) is 5.69 Å². The van der Waals surface area contributed by atoms with Crippen LogP contribution >= 0.6 is 0 Å². The van der Waals surface area contributed by atoms with Crippen molar-refractivity contribution in [1.82, 2.24) is 0 Å². The minimum Gasteiger partial charge on any atom is -0.478 e. The number of aliphatic carboxylic acids is 1. The van der Waals surface area contributed by atoms with Crippen molar-refractivity contribution in [2.24, 2.45) is 0 Å². The second-order valence-corrected chi connectivity index (χ2v) is 5.47. The van der Waals surface area contributed by atoms with E-state index in [1.807, 2.05) is 0 Å². The van der Waals surface area contributed by atoms with Crippen molar-refractivity contribution in [2.45, 2.75) is 12.4 Å². The third kappa shape index (κ3) is 4.67. The summed E-state index contributed by atoms with van der Waals surface area (Å²) in [5.74, 6) is -1.71. The summed E-state index contributed by atoms with van der Waals surface area (Å²) in [4.78, 5) is 21.5. The molecule has 0 bridgehead atoms. The molecular weight excluding hydrogens is 396 g/mol. The molecule has 0 unspecified atom stereocenters. The summed E-state index contributed by atoms with van der Waals surface area (Å²) in [6.07, 6.45) is -8.67. The lowest BCUT2D eigenvalue weighted by Gasteiger charge is -2.10. The Hall–Kier alpha value is -3.37. The molecule has 0 amide bonds. The predicted octanol–water partition coefficient (Wildman–Crippen LogP) is 5.26. The number of carboxylic acids is 1. The van der Waals surface area contributed by atoms with Crippen molar-refractivity contribution in [3.05, 3.63) is 74.8 Å². The van der Waals surface area contributed by atoms with Crippen molar-refractivity contribution >= 4 is 23.3 Å². The molecule has 0 atom stereocenters. The van der Waals surface area contributed by atoms with Crippen LogP contribution in [0.25, 0.3) is 11.6 Å². The van der Waals surface area contributed by atoms with Crippen molar-refractivity contribution in [3.63, 3.8) is 0 Å². The summed E-state index contributed by atoms with van der Waals surface area (Å²) in [6.45, 7) is 0. The number of benzene rings is 2. The zero-order valence-electron chi connectivity index (χ0n) is 13.5. The van der Waals surface area contributed by atoms with Crippen LogP contribution in [0.3, 0.4) is 0 Å². The third-order valence-corrected chi connectivity index (χ3v) is 3.59. The SMILES string of the molecule is O=C(O)/C(=C/c1ccc(C(F)(F)F)cc1)c1ccc(C(F)(F)F)cc1[N+](=O)[O-]. The Morgan fingerprint density at radius 3 is 1.86 bits per heavy atom. The number of hydrogen-bond donors (Lipinski definition) is 1. The Bertz CT molecular complexity index is 946. The smallest absolute Gasteiger partial charge is 0.416 e. The van der Waals surface area contributed by atoms with E-state index in [0.29, 0.717) is 24.3 Å². The van der Waals surface area contributed by atoms with Crippen LogP contribution in [0, 0.1) is 10.1 Å². The van der Waals surface area contributed by atoms with Crippen molar-refractivity contribution in [2.75, 3.05) is 0 Å². The molecule has 148 valence electrons. The molecule has 2 rings (SSSR count). The second kappa shape index (κ2) is 7.33. The molecule has 0 heterocycles. The number of nitro benzene ring substituents is 1. The fraction of sp³-hybridized carbons (Fsp3) is 0.118. The van der Waals surface area contributed by atoms with Crippen molar-refractivity contribution in [3.8, 4) is 0 Å². The molecule has 1 N–H and O–H groups in total. The molecule has 0 radical (unpaired) electrons. The molecule has 0 aliphatic heterocycles. The summed E-state index contributed by atoms with van der Waals surface area (Å²) < 4.78 is 76.0. The lowest BCUT2D eigenvalue weighted by Crippen LogP contribution is -2.08. The van der Waals surface area contributed by atoms with Crippen LogP contribution in [0.2, 0.25) is 0 Å². The van der Waals surface area contributed by atoms with E-state index in [0.717, 1.165) is 18.2 Å². The molecule has 5 nitrogen and oxygen atoms in total. The van der Waals surface area contributed by atoms with E-state index in [2.05, 4.69) is 0 Å². The molecule has 0 aromatic heterocycles. The van der Waals surface area contributed by atoms with Crippen LogP contribution < -0.4 is 0 Å². The van der Waals surface area contributed by atoms with E-state index in [1.54, 1.807) is 0 Å². The van der Waals surface area contributed by atoms with Gasteiger partial charge in [-0.25, -0.2) is 4.79 Å². The summed E-state index contributed by atoms with van der Waals surface area (Å²) in [5, 5.41) is 20.4. The first-order chi connectivity index (χ1) is 12.8. The minimum atomic E-state index is -4.89. The van der Waals surface area contributed by atoms with Crippen LogP contribution in [0.1, 0.15) is 22.3 Å². The zero-order chi connectivity index (χ0) is 21.3. The normalized spacial score (nSPS) is 12.7. The fourth-order valence-electron chi connectivity index (χ4n) is 2.28. The highest BCUT2D eigenvalue weighted by Crippen LogP contribution is 2.36. The Labute approximate surface area is 152 Å². The van der Waals surface area contributed by atoms with Gasteiger partial charge in [0.15, 0.2) is 0 Å². The standard InChI is InChI=1S/C17H9F6NO4/c18-16(19,20)10-3-1-9(2-4-10)7-13(15(25)26)12-6-5-11(17(21,22)23)8-14(12)24(27)28/h1-8H,(H,25,26)/b13-7+. The summed E-state index contributed by atoms with van der Waals surface area (Å²) in [7, 11) is 0. The minimum absolute atomic E-state index is 0.0420. The lowest BCUT2D eigenvalue weighted by atomic mass is 9.98. The molecule has 0 spiro atoms. The Morgan fingerprint density at radius 2 is 1.43 bits per heavy atom. The second-order valence-electron chi connectivity index (χ2n) is 5.47. The number of nitro groups is 1. The van der Waals surface area contributed by atoms with Gasteiger partial charge in [0, 0.05) is 6.07 Å². The first-order valence-electron chi connectivity index (χ1n) is 7.29. The Morgan fingerprint density at radius 1 is 0.929 bits per heavy atom. The molecule has 28 heavy (non-hydrogen) atoms. The van der Waals surface area contributed by atoms with Gasteiger partial charge in [0.2, 0.25) is 0 Å². The van der Waals surface area contributed by atoms with Crippen LogP contribution in [-0.2, 0) is 17.1 Å². The fourth-order valence-corrected chi connectivity index (χ4v) is 2.28. The molecule has 0 saturated heterocycles. The number of halogens is 6. The highest BCUT2D eigenvalue weighted by atomic mass is 19.4. The number of nitrogens with zero attached hydrogens (tertiary/aromatic N) is 1. The average molecular weight is 405 g/mol. The molecule has 2 aromatic carbocycles. The monoisotopic (exact) mass is 405 g/mol. The van der Waals surface area contributed by atoms with Crippen LogP contribution in [0.5, 0.6) is 0 Å². The van der Waals surface area contributed by atoms with Gasteiger partial charge in [0.1, 0.15) is 0 Å². The molecular formula is C17H9F6NO4. The Balaban J connectivity index is 2.59. The lowest BCUT2D eigenvalue weighted by molar-refractivity contribution is -0.385. The number of carboxylic acid groups (broad SMARTS) is 1. The largest absolute Gasteiger partial charge is 0.478 e. The van der Waals surface area contributed by atoms with Gasteiger partial charge in [-0.1, -0.05) is 12.1 Å². The number of hydrogen-bond acceptors (Lipinski definition) is 3. The number of carbonyl (C=O) groups is 1. The highest BCUT2D eigenvalue weighted by molar-refractivity contribution is 6.21. The van der Waals surface area contributed by atoms with E-state index in [-0.39, 0.29) is 11.6 Å². The molecule has 2 aromatic rings. The predicted molar refractivity (Wildman–Crippen MR) is 85.0 cm³/mol. The highest BCUT2D eigenvalue weighted by Gasteiger charge is 2.34. The molecule has 0 fully saturated rings.